The molecule has 4 rings (SSSR count). The van der Waals surface area contributed by atoms with Gasteiger partial charge in [0.25, 0.3) is 5.91 Å². The number of alkyl halides is 1. The van der Waals surface area contributed by atoms with Crippen LogP contribution in [0.1, 0.15) is 36.8 Å². The number of carbonyl (C=O) groups excluding carboxylic acids is 1. The van der Waals surface area contributed by atoms with Gasteiger partial charge in [-0.1, -0.05) is 6.07 Å². The van der Waals surface area contributed by atoms with E-state index in [9.17, 15) is 18.7 Å². The number of aliphatic hydroxyl groups is 1. The van der Waals surface area contributed by atoms with Gasteiger partial charge in [-0.25, -0.2) is 8.78 Å². The van der Waals surface area contributed by atoms with Gasteiger partial charge in [0.15, 0.2) is 11.6 Å². The summed E-state index contributed by atoms with van der Waals surface area (Å²) in [6, 6.07) is 5.85. The Bertz CT molecular complexity index is 1200. The fourth-order valence-corrected chi connectivity index (χ4v) is 3.69. The van der Waals surface area contributed by atoms with Gasteiger partial charge in [0.2, 0.25) is 6.36 Å². The normalized spacial score (nSPS) is 14.2. The highest BCUT2D eigenvalue weighted by Crippen LogP contribution is 2.42. The van der Waals surface area contributed by atoms with Gasteiger partial charge in [0, 0.05) is 37.3 Å². The summed E-state index contributed by atoms with van der Waals surface area (Å²) in [5.41, 5.74) is 1.53. The largest absolute Gasteiger partial charge is 0.488 e. The zero-order chi connectivity index (χ0) is 24.5. The minimum atomic E-state index is -1.75. The Hall–Kier alpha value is -3.66. The molecule has 0 bridgehead atoms. The third-order valence-electron chi connectivity index (χ3n) is 5.11. The van der Waals surface area contributed by atoms with E-state index in [4.69, 9.17) is 9.47 Å². The number of para-hydroxylation sites is 1. The molecule has 0 fully saturated rings. The van der Waals surface area contributed by atoms with E-state index in [2.05, 4.69) is 20.6 Å². The number of aromatic nitrogens is 2. The fraction of sp³-hybridized carbons (Fsp3) is 0.333. The van der Waals surface area contributed by atoms with Crippen molar-refractivity contribution in [2.45, 2.75) is 39.2 Å². The molecular formula is C24H26F2N4O4. The van der Waals surface area contributed by atoms with Gasteiger partial charge in [-0.2, -0.15) is 0 Å². The van der Waals surface area contributed by atoms with E-state index in [1.165, 1.54) is 18.3 Å². The zero-order valence-electron chi connectivity index (χ0n) is 19.0. The second-order valence-electron chi connectivity index (χ2n) is 8.61. The van der Waals surface area contributed by atoms with E-state index in [0.29, 0.717) is 46.9 Å². The highest BCUT2D eigenvalue weighted by molar-refractivity contribution is 6.06. The Balaban J connectivity index is 1.84. The number of nitrogens with zero attached hydrogens (tertiary/aromatic N) is 1. The van der Waals surface area contributed by atoms with Crippen molar-refractivity contribution in [2.24, 2.45) is 0 Å². The number of halogens is 2. The number of anilines is 2. The Morgan fingerprint density at radius 1 is 1.32 bits per heavy atom. The summed E-state index contributed by atoms with van der Waals surface area (Å²) in [7, 11) is 0. The third-order valence-corrected chi connectivity index (χ3v) is 5.11. The van der Waals surface area contributed by atoms with Gasteiger partial charge in [-0.15, -0.1) is 0 Å². The molecule has 0 radical (unpaired) electrons. The van der Waals surface area contributed by atoms with Gasteiger partial charge in [0.1, 0.15) is 12.4 Å². The summed E-state index contributed by atoms with van der Waals surface area (Å²) in [5.74, 6) is -0.984. The smallest absolute Gasteiger partial charge is 0.255 e. The van der Waals surface area contributed by atoms with E-state index >= 15 is 0 Å². The second kappa shape index (κ2) is 9.30. The molecule has 180 valence electrons. The molecule has 0 saturated carbocycles. The molecule has 0 spiro atoms. The maximum atomic E-state index is 14.5. The van der Waals surface area contributed by atoms with E-state index in [1.54, 1.807) is 26.1 Å². The number of hydrogen-bond acceptors (Lipinski definition) is 6. The molecular weight excluding hydrogens is 446 g/mol. The molecule has 3 aromatic rings. The lowest BCUT2D eigenvalue weighted by Crippen LogP contribution is -2.31. The first-order valence-electron chi connectivity index (χ1n) is 10.8. The maximum absolute atomic E-state index is 14.5. The molecule has 8 nitrogen and oxygen atoms in total. The SMILES string of the molecule is CC(F)Oc1c(F)cccc1Nc1c(-c2ccncc2OCC(C)(C)O)[nH]c2c1C(=O)NCC2. The number of pyridine rings is 1. The van der Waals surface area contributed by atoms with Gasteiger partial charge in [0.05, 0.1) is 34.4 Å². The number of hydrogen-bond donors (Lipinski definition) is 4. The molecule has 4 N–H and O–H groups in total. The molecule has 0 aliphatic carbocycles. The van der Waals surface area contributed by atoms with Crippen molar-refractivity contribution < 1.29 is 28.2 Å². The van der Waals surface area contributed by atoms with Crippen LogP contribution in [0, 0.1) is 5.82 Å². The van der Waals surface area contributed by atoms with Crippen LogP contribution in [-0.4, -0.2) is 46.1 Å². The molecule has 34 heavy (non-hydrogen) atoms. The molecule has 1 amide bonds. The first kappa shape index (κ1) is 23.5. The first-order valence-corrected chi connectivity index (χ1v) is 10.8. The standard InChI is InChI=1S/C24H26F2N4O4/c1-13(25)34-22-15(26)5-4-6-17(22)30-21-19-16(8-10-28-23(19)31)29-20(21)14-7-9-27-11-18(14)33-12-24(2,3)32/h4-7,9,11,13,29-30,32H,8,10,12H2,1-3H3,(H,28,31). The van der Waals surface area contributed by atoms with Crippen molar-refractivity contribution >= 4 is 17.3 Å². The molecule has 1 atom stereocenters. The number of aromatic amines is 1. The van der Waals surface area contributed by atoms with Crippen molar-refractivity contribution in [3.05, 3.63) is 53.7 Å². The Morgan fingerprint density at radius 3 is 2.85 bits per heavy atom. The third kappa shape index (κ3) is 4.96. The molecule has 2 aromatic heterocycles. The average Bonchev–Trinajstić information content (AvgIpc) is 3.13. The lowest BCUT2D eigenvalue weighted by Gasteiger charge is -2.20. The van der Waals surface area contributed by atoms with Crippen molar-refractivity contribution in [1.29, 1.82) is 0 Å². The predicted molar refractivity (Wildman–Crippen MR) is 123 cm³/mol. The Labute approximate surface area is 195 Å². The van der Waals surface area contributed by atoms with Gasteiger partial charge >= 0.3 is 0 Å². The van der Waals surface area contributed by atoms with E-state index in [0.717, 1.165) is 13.0 Å². The Morgan fingerprint density at radius 2 is 2.12 bits per heavy atom. The number of nitrogens with one attached hydrogen (secondary N) is 3. The molecule has 0 saturated heterocycles. The number of H-pyrrole nitrogens is 1. The van der Waals surface area contributed by atoms with E-state index in [-0.39, 0.29) is 24.0 Å². The number of rotatable bonds is 8. The van der Waals surface area contributed by atoms with Crippen LogP contribution in [0.5, 0.6) is 11.5 Å². The minimum absolute atomic E-state index is 0.00559. The summed E-state index contributed by atoms with van der Waals surface area (Å²) in [6.07, 6.45) is 1.88. The highest BCUT2D eigenvalue weighted by atomic mass is 19.1. The summed E-state index contributed by atoms with van der Waals surface area (Å²) in [6.45, 7) is 4.84. The zero-order valence-corrected chi connectivity index (χ0v) is 19.0. The number of fused-ring (bicyclic) bond motifs is 1. The van der Waals surface area contributed by atoms with Crippen LogP contribution in [0.25, 0.3) is 11.3 Å². The van der Waals surface area contributed by atoms with Gasteiger partial charge in [-0.05, 0) is 32.0 Å². The highest BCUT2D eigenvalue weighted by Gasteiger charge is 2.29. The van der Waals surface area contributed by atoms with E-state index in [1.807, 2.05) is 0 Å². The number of carbonyl (C=O) groups is 1. The topological polar surface area (TPSA) is 108 Å². The van der Waals surface area contributed by atoms with Crippen LogP contribution in [-0.2, 0) is 6.42 Å². The van der Waals surface area contributed by atoms with Gasteiger partial charge in [-0.3, -0.25) is 9.78 Å². The quantitative estimate of drug-likeness (QED) is 0.393. The Kier molecular flexibility index (Phi) is 6.43. The van der Waals surface area contributed by atoms with Crippen LogP contribution in [0.15, 0.2) is 36.7 Å². The average molecular weight is 472 g/mol. The predicted octanol–water partition coefficient (Wildman–Crippen LogP) is 4.09. The molecule has 1 unspecified atom stereocenters. The minimum Gasteiger partial charge on any atom is -0.488 e. The second-order valence-corrected chi connectivity index (χ2v) is 8.61. The fourth-order valence-electron chi connectivity index (χ4n) is 3.69. The van der Waals surface area contributed by atoms with Crippen LogP contribution < -0.4 is 20.1 Å². The first-order chi connectivity index (χ1) is 16.1. The van der Waals surface area contributed by atoms with E-state index < -0.39 is 17.8 Å². The van der Waals surface area contributed by atoms with Crippen molar-refractivity contribution in [2.75, 3.05) is 18.5 Å². The van der Waals surface area contributed by atoms with Crippen LogP contribution in [0.4, 0.5) is 20.2 Å². The summed E-state index contributed by atoms with van der Waals surface area (Å²) in [5, 5.41) is 16.0. The van der Waals surface area contributed by atoms with Crippen LogP contribution in [0.3, 0.4) is 0 Å². The number of amides is 1. The lowest BCUT2D eigenvalue weighted by atomic mass is 10.0. The van der Waals surface area contributed by atoms with Crippen molar-refractivity contribution in [3.8, 4) is 22.8 Å². The number of benzene rings is 1. The molecule has 10 heteroatoms. The van der Waals surface area contributed by atoms with Crippen LogP contribution in [0.2, 0.25) is 0 Å². The van der Waals surface area contributed by atoms with Crippen molar-refractivity contribution in [3.63, 3.8) is 0 Å². The van der Waals surface area contributed by atoms with Crippen LogP contribution >= 0.6 is 0 Å². The monoisotopic (exact) mass is 472 g/mol. The lowest BCUT2D eigenvalue weighted by molar-refractivity contribution is 0.0285. The van der Waals surface area contributed by atoms with Gasteiger partial charge < -0.3 is 30.2 Å². The summed E-state index contributed by atoms with van der Waals surface area (Å²) < 4.78 is 39.0. The molecule has 1 aromatic carbocycles. The summed E-state index contributed by atoms with van der Waals surface area (Å²) >= 11 is 0. The maximum Gasteiger partial charge on any atom is 0.255 e. The van der Waals surface area contributed by atoms with Crippen molar-refractivity contribution in [1.82, 2.24) is 15.3 Å². The molecule has 1 aliphatic heterocycles. The molecule has 3 heterocycles. The summed E-state index contributed by atoms with van der Waals surface area (Å²) in [4.78, 5) is 20.2. The number of ether oxygens (including phenoxy) is 2. The molecule has 1 aliphatic rings.